The summed E-state index contributed by atoms with van der Waals surface area (Å²) < 4.78 is 23.5. The Morgan fingerprint density at radius 2 is 1.54 bits per heavy atom. The van der Waals surface area contributed by atoms with Crippen LogP contribution in [0, 0.1) is 5.82 Å². The number of carbonyl (C=O) groups excluding carboxylic acids is 2. The number of esters is 2. The van der Waals surface area contributed by atoms with Gasteiger partial charge in [0.15, 0.2) is 5.75 Å². The summed E-state index contributed by atoms with van der Waals surface area (Å²) in [5.74, 6) is -1.42. The number of halogens is 5. The van der Waals surface area contributed by atoms with Crippen LogP contribution in [0.2, 0.25) is 15.1 Å². The summed E-state index contributed by atoms with van der Waals surface area (Å²) in [7, 11) is 0. The number of hydrogen-bond acceptors (Lipinski definition) is 4. The lowest BCUT2D eigenvalue weighted by Gasteiger charge is -2.09. The predicted octanol–water partition coefficient (Wildman–Crippen LogP) is 6.23. The van der Waals surface area contributed by atoms with E-state index in [1.165, 1.54) is 30.3 Å². The zero-order valence-electron chi connectivity index (χ0n) is 13.0. The quantitative estimate of drug-likeness (QED) is 0.360. The van der Waals surface area contributed by atoms with Crippen molar-refractivity contribution < 1.29 is 23.5 Å². The second-order valence-corrected chi connectivity index (χ2v) is 7.18. The fraction of sp³-hybridized carbons (Fsp3) is 0.176. The first kappa shape index (κ1) is 21.0. The van der Waals surface area contributed by atoms with Gasteiger partial charge in [-0.3, -0.25) is 9.59 Å². The summed E-state index contributed by atoms with van der Waals surface area (Å²) in [4.78, 5) is 23.6. The van der Waals surface area contributed by atoms with Crippen LogP contribution in [0.25, 0.3) is 0 Å². The molecule has 0 fully saturated rings. The molecule has 0 N–H and O–H groups in total. The van der Waals surface area contributed by atoms with E-state index < -0.39 is 17.8 Å². The van der Waals surface area contributed by atoms with E-state index in [0.29, 0.717) is 9.50 Å². The molecular weight excluding hydrogens is 473 g/mol. The maximum absolute atomic E-state index is 13.0. The van der Waals surface area contributed by atoms with Crippen molar-refractivity contribution in [3.05, 3.63) is 55.7 Å². The molecule has 2 aromatic carbocycles. The van der Waals surface area contributed by atoms with Crippen molar-refractivity contribution in [1.29, 1.82) is 0 Å². The number of rotatable bonds is 6. The molecule has 0 unspecified atom stereocenters. The summed E-state index contributed by atoms with van der Waals surface area (Å²) in [6.07, 6.45) is 0.120. The highest BCUT2D eigenvalue weighted by Gasteiger charge is 2.15. The topological polar surface area (TPSA) is 52.6 Å². The number of benzene rings is 2. The molecule has 2 rings (SSSR count). The van der Waals surface area contributed by atoms with Gasteiger partial charge in [-0.25, -0.2) is 4.39 Å². The third-order valence-electron chi connectivity index (χ3n) is 3.06. The van der Waals surface area contributed by atoms with Gasteiger partial charge in [-0.1, -0.05) is 34.8 Å². The molecule has 0 aliphatic carbocycles. The highest BCUT2D eigenvalue weighted by molar-refractivity contribution is 9.10. The molecule has 26 heavy (non-hydrogen) atoms. The Bertz CT molecular complexity index is 822. The minimum atomic E-state index is -0.605. The van der Waals surface area contributed by atoms with Gasteiger partial charge in [0, 0.05) is 17.9 Å². The maximum Gasteiger partial charge on any atom is 0.311 e. The lowest BCUT2D eigenvalue weighted by Crippen LogP contribution is -2.12. The van der Waals surface area contributed by atoms with E-state index in [9.17, 15) is 14.0 Å². The van der Waals surface area contributed by atoms with E-state index in [-0.39, 0.29) is 40.8 Å². The van der Waals surface area contributed by atoms with Gasteiger partial charge in [-0.05, 0) is 52.7 Å². The Hall–Kier alpha value is -1.34. The van der Waals surface area contributed by atoms with Crippen LogP contribution in [0.4, 0.5) is 4.39 Å². The van der Waals surface area contributed by atoms with E-state index in [0.717, 1.165) is 0 Å². The molecule has 0 aliphatic heterocycles. The van der Waals surface area contributed by atoms with Crippen LogP contribution in [-0.2, 0) is 9.59 Å². The smallest absolute Gasteiger partial charge is 0.311 e. The van der Waals surface area contributed by atoms with Crippen LogP contribution in [0.5, 0.6) is 11.5 Å². The van der Waals surface area contributed by atoms with Gasteiger partial charge in [-0.2, -0.15) is 0 Å². The Kier molecular flexibility index (Phi) is 7.70. The van der Waals surface area contributed by atoms with Crippen LogP contribution < -0.4 is 9.47 Å². The molecule has 4 nitrogen and oxygen atoms in total. The average Bonchev–Trinajstić information content (AvgIpc) is 2.53. The van der Waals surface area contributed by atoms with Crippen molar-refractivity contribution in [1.82, 2.24) is 0 Å². The molecule has 0 bridgehead atoms. The molecule has 0 radical (unpaired) electrons. The van der Waals surface area contributed by atoms with Crippen molar-refractivity contribution in [3.8, 4) is 11.5 Å². The third-order valence-corrected chi connectivity index (χ3v) is 4.46. The molecule has 0 aromatic heterocycles. The molecule has 0 atom stereocenters. The molecule has 0 amide bonds. The second-order valence-electron chi connectivity index (χ2n) is 5.07. The van der Waals surface area contributed by atoms with E-state index in [4.69, 9.17) is 44.3 Å². The average molecular weight is 485 g/mol. The molecule has 0 aliphatic rings. The van der Waals surface area contributed by atoms with Gasteiger partial charge in [0.25, 0.3) is 0 Å². The molecule has 0 spiro atoms. The van der Waals surface area contributed by atoms with Gasteiger partial charge in [0.1, 0.15) is 11.6 Å². The van der Waals surface area contributed by atoms with Crippen LogP contribution in [0.3, 0.4) is 0 Å². The predicted molar refractivity (Wildman–Crippen MR) is 101 cm³/mol. The molecule has 9 heteroatoms. The highest BCUT2D eigenvalue weighted by atomic mass is 79.9. The molecule has 0 heterocycles. The van der Waals surface area contributed by atoms with Crippen molar-refractivity contribution in [3.63, 3.8) is 0 Å². The summed E-state index contributed by atoms with van der Waals surface area (Å²) in [6, 6.07) is 6.48. The first-order valence-electron chi connectivity index (χ1n) is 7.27. The lowest BCUT2D eigenvalue weighted by molar-refractivity contribution is -0.136. The van der Waals surface area contributed by atoms with Gasteiger partial charge >= 0.3 is 11.9 Å². The minimum Gasteiger partial charge on any atom is -0.425 e. The van der Waals surface area contributed by atoms with Crippen LogP contribution in [0.1, 0.15) is 19.3 Å². The van der Waals surface area contributed by atoms with Crippen LogP contribution in [0.15, 0.2) is 34.8 Å². The Labute approximate surface area is 172 Å². The maximum atomic E-state index is 13.0. The van der Waals surface area contributed by atoms with E-state index >= 15 is 0 Å². The van der Waals surface area contributed by atoms with Crippen LogP contribution >= 0.6 is 50.7 Å². The number of carbonyl (C=O) groups is 2. The van der Waals surface area contributed by atoms with Gasteiger partial charge in [-0.15, -0.1) is 0 Å². The number of ether oxygens (including phenoxy) is 2. The fourth-order valence-electron chi connectivity index (χ4n) is 1.90. The van der Waals surface area contributed by atoms with E-state index in [1.807, 2.05) is 0 Å². The first-order valence-corrected chi connectivity index (χ1v) is 9.20. The van der Waals surface area contributed by atoms with E-state index in [1.54, 1.807) is 0 Å². The zero-order valence-corrected chi connectivity index (χ0v) is 16.9. The van der Waals surface area contributed by atoms with Gasteiger partial charge in [0.2, 0.25) is 0 Å². The lowest BCUT2D eigenvalue weighted by atomic mass is 10.2. The molecule has 0 saturated heterocycles. The second kappa shape index (κ2) is 9.55. The van der Waals surface area contributed by atoms with Crippen molar-refractivity contribution in [2.45, 2.75) is 19.3 Å². The highest BCUT2D eigenvalue weighted by Crippen LogP contribution is 2.36. The third kappa shape index (κ3) is 6.13. The zero-order chi connectivity index (χ0) is 19.3. The molecule has 2 aromatic rings. The van der Waals surface area contributed by atoms with E-state index in [2.05, 4.69) is 15.9 Å². The summed E-state index contributed by atoms with van der Waals surface area (Å²) in [6.45, 7) is 0. The Morgan fingerprint density at radius 3 is 2.12 bits per heavy atom. The molecule has 0 saturated carbocycles. The number of hydrogen-bond donors (Lipinski definition) is 0. The Morgan fingerprint density at radius 1 is 0.962 bits per heavy atom. The summed E-state index contributed by atoms with van der Waals surface area (Å²) in [5.41, 5.74) is 0. The Balaban J connectivity index is 1.82. The first-order chi connectivity index (χ1) is 12.3. The molecule has 138 valence electrons. The van der Waals surface area contributed by atoms with Crippen molar-refractivity contribution in [2.24, 2.45) is 0 Å². The van der Waals surface area contributed by atoms with Crippen molar-refractivity contribution in [2.75, 3.05) is 0 Å². The van der Waals surface area contributed by atoms with Crippen molar-refractivity contribution >= 4 is 62.7 Å². The van der Waals surface area contributed by atoms with Crippen LogP contribution in [-0.4, -0.2) is 11.9 Å². The fourth-order valence-corrected chi connectivity index (χ4v) is 3.23. The van der Waals surface area contributed by atoms with Gasteiger partial charge in [0.05, 0.1) is 14.5 Å². The minimum absolute atomic E-state index is 0.0144. The largest absolute Gasteiger partial charge is 0.425 e. The summed E-state index contributed by atoms with van der Waals surface area (Å²) in [5, 5.41) is 0.530. The normalized spacial score (nSPS) is 10.5. The standard InChI is InChI=1S/C17H11BrCl3FO4/c18-11-8-10(22)4-5-14(11)25-15(23)2-1-3-16(24)26-17-12(20)6-9(19)7-13(17)21/h4-8H,1-3H2. The monoisotopic (exact) mass is 482 g/mol. The van der Waals surface area contributed by atoms with Gasteiger partial charge < -0.3 is 9.47 Å². The SMILES string of the molecule is O=C(CCCC(=O)Oc1c(Cl)cc(Cl)cc1Cl)Oc1ccc(F)cc1Br. The summed E-state index contributed by atoms with van der Waals surface area (Å²) >= 11 is 20.7. The molecular formula is C17H11BrCl3FO4.